The van der Waals surface area contributed by atoms with Crippen LogP contribution in [0.25, 0.3) is 0 Å². The molecule has 0 fully saturated rings. The van der Waals surface area contributed by atoms with Crippen LogP contribution in [0.3, 0.4) is 0 Å². The fourth-order valence-electron chi connectivity index (χ4n) is 8.35. The normalized spacial score (nSPS) is 10.7. The van der Waals surface area contributed by atoms with Crippen molar-refractivity contribution in [1.29, 1.82) is 0 Å². The molecule has 3 aromatic heterocycles. The van der Waals surface area contributed by atoms with E-state index in [9.17, 15) is 69.0 Å². The molecule has 0 saturated carbocycles. The van der Waals surface area contributed by atoms with Gasteiger partial charge in [-0.05, 0) is 91.1 Å². The minimum atomic E-state index is -2.07. The molecule has 28 nitrogen and oxygen atoms in total. The number of aryl methyl sites for hydroxylation is 2. The highest BCUT2D eigenvalue weighted by Gasteiger charge is 2.45. The number of carboxylic acids is 2. The smallest absolute Gasteiger partial charge is 0.374 e. The molecule has 0 spiro atoms. The first-order valence-corrected chi connectivity index (χ1v) is 26.7. The minimum Gasteiger partial charge on any atom is -0.477 e. The van der Waals surface area contributed by atoms with Crippen LogP contribution >= 0.6 is 0 Å². The third-order valence-corrected chi connectivity index (χ3v) is 18.0. The van der Waals surface area contributed by atoms with Crippen molar-refractivity contribution in [1.82, 2.24) is 0 Å². The number of esters is 4. The number of carbonyl (C=O) groups excluding carboxylic acids is 5. The van der Waals surface area contributed by atoms with Crippen molar-refractivity contribution in [3.63, 3.8) is 0 Å². The number of methoxy groups -OCH3 is 1. The Morgan fingerprint density at radius 3 is 1.45 bits per heavy atom. The summed E-state index contributed by atoms with van der Waals surface area (Å²) in [5, 5.41) is 59.0. The Kier molecular flexibility index (Phi) is 25.8. The highest BCUT2D eigenvalue weighted by Crippen LogP contribution is 2.43. The molecule has 0 unspecified atom stereocenters. The number of ether oxygens (including phenoxy) is 5. The fourth-order valence-corrected chi connectivity index (χ4v) is 13.7. The van der Waals surface area contributed by atoms with E-state index in [1.807, 2.05) is 6.07 Å². The van der Waals surface area contributed by atoms with E-state index >= 15 is 0 Å². The summed E-state index contributed by atoms with van der Waals surface area (Å²) in [5.74, 6) is -6.95. The lowest BCUT2D eigenvalue weighted by molar-refractivity contribution is -0.386. The van der Waals surface area contributed by atoms with Gasteiger partial charge in [-0.15, -0.1) is 0 Å². The lowest BCUT2D eigenvalue weighted by atomic mass is 10.1. The van der Waals surface area contributed by atoms with Gasteiger partial charge in [0.05, 0.1) is 46.2 Å². The molecule has 83 heavy (non-hydrogen) atoms. The summed E-state index contributed by atoms with van der Waals surface area (Å²) in [7, 11) is -0.912. The number of aliphatic hydroxyl groups is 1. The Balaban J connectivity index is 0.000000312. The molecule has 6 aromatic rings. The maximum atomic E-state index is 12.4. The SMILES string of the molecule is CC(C)[Si](OCc1ccc(C(=O)OCc2cccc(CO)c2[N+](=O)[O-])o1)(C(C)C)C(C)C.COC(=O)c1ccc(C(=O)OCCOC(=O)c2ccc(C(=O)O)o2)o1.Cc1cccc(C)c1[N+](=O)[O-].O=COc1cccc(C(=O)O)c1[N+](=O)[O-]. The summed E-state index contributed by atoms with van der Waals surface area (Å²) < 4.78 is 45.3. The summed E-state index contributed by atoms with van der Waals surface area (Å²) in [4.78, 5) is 109. The highest BCUT2D eigenvalue weighted by molar-refractivity contribution is 6.77. The maximum Gasteiger partial charge on any atom is 0.374 e. The van der Waals surface area contributed by atoms with E-state index in [1.165, 1.54) is 36.4 Å². The zero-order chi connectivity index (χ0) is 62.3. The van der Waals surface area contributed by atoms with E-state index < -0.39 is 83.3 Å². The average molecular weight is 1180 g/mol. The van der Waals surface area contributed by atoms with Crippen molar-refractivity contribution in [2.24, 2.45) is 0 Å². The van der Waals surface area contributed by atoms with Crippen LogP contribution in [-0.4, -0.2) is 101 Å². The van der Waals surface area contributed by atoms with Crippen molar-refractivity contribution >= 4 is 67.7 Å². The number of nitrogens with zero attached hydrogens (tertiary/aromatic N) is 3. The summed E-state index contributed by atoms with van der Waals surface area (Å²) in [6, 6.07) is 21.2. The zero-order valence-electron chi connectivity index (χ0n) is 46.2. The number of aromatic carboxylic acids is 2. The number of furan rings is 3. The number of aliphatic hydroxyl groups excluding tert-OH is 1. The Morgan fingerprint density at radius 2 is 1.00 bits per heavy atom. The summed E-state index contributed by atoms with van der Waals surface area (Å²) >= 11 is 0. The zero-order valence-corrected chi connectivity index (χ0v) is 47.2. The van der Waals surface area contributed by atoms with Crippen molar-refractivity contribution in [2.75, 3.05) is 20.3 Å². The Bertz CT molecular complexity index is 3240. The maximum absolute atomic E-state index is 12.4. The van der Waals surface area contributed by atoms with Crippen molar-refractivity contribution in [3.8, 4) is 5.75 Å². The van der Waals surface area contributed by atoms with E-state index in [4.69, 9.17) is 42.1 Å². The molecule has 0 aliphatic heterocycles. The van der Waals surface area contributed by atoms with E-state index in [0.29, 0.717) is 22.4 Å². The van der Waals surface area contributed by atoms with Gasteiger partial charge in [-0.25, -0.2) is 28.8 Å². The van der Waals surface area contributed by atoms with Crippen LogP contribution in [0.2, 0.25) is 16.6 Å². The molecule has 6 rings (SSSR count). The monoisotopic (exact) mass is 1180 g/mol. The first-order chi connectivity index (χ1) is 39.2. The number of nitro benzene ring substituents is 3. The van der Waals surface area contributed by atoms with Gasteiger partial charge in [-0.2, -0.15) is 0 Å². The summed E-state index contributed by atoms with van der Waals surface area (Å²) in [5.41, 5.74) is 1.77. The first kappa shape index (κ1) is 67.4. The molecule has 3 heterocycles. The molecule has 3 aromatic carbocycles. The van der Waals surface area contributed by atoms with Gasteiger partial charge in [-0.1, -0.05) is 71.9 Å². The number of para-hydroxylation sites is 3. The molecule has 29 heteroatoms. The predicted octanol–water partition coefficient (Wildman–Crippen LogP) is 10.1. The van der Waals surface area contributed by atoms with Crippen molar-refractivity contribution in [2.45, 2.75) is 91.8 Å². The van der Waals surface area contributed by atoms with E-state index in [1.54, 1.807) is 38.1 Å². The second kappa shape index (κ2) is 31.8. The Morgan fingerprint density at radius 1 is 0.554 bits per heavy atom. The van der Waals surface area contributed by atoms with Gasteiger partial charge in [0.1, 0.15) is 31.1 Å². The topological polar surface area (TPSA) is 404 Å². The van der Waals surface area contributed by atoms with Gasteiger partial charge < -0.3 is 56.7 Å². The molecule has 0 aliphatic rings. The summed E-state index contributed by atoms with van der Waals surface area (Å²) in [6.07, 6.45) is 0. The molecule has 444 valence electrons. The first-order valence-electron chi connectivity index (χ1n) is 24.6. The van der Waals surface area contributed by atoms with Crippen LogP contribution in [0.5, 0.6) is 5.75 Å². The van der Waals surface area contributed by atoms with Gasteiger partial charge in [0.25, 0.3) is 17.8 Å². The molecular weight excluding hydrogens is 1120 g/mol. The second-order valence-corrected chi connectivity index (χ2v) is 23.6. The molecule has 3 N–H and O–H groups in total. The number of nitro groups is 3. The van der Waals surface area contributed by atoms with Crippen LogP contribution in [0.1, 0.15) is 133 Å². The van der Waals surface area contributed by atoms with E-state index in [2.05, 4.69) is 51.0 Å². The van der Waals surface area contributed by atoms with Crippen LogP contribution in [0.4, 0.5) is 17.1 Å². The largest absolute Gasteiger partial charge is 0.477 e. The molecule has 0 bridgehead atoms. The molecule has 0 saturated heterocycles. The number of benzene rings is 3. The quantitative estimate of drug-likeness (QED) is 0.0102. The molecule has 0 aliphatic carbocycles. The number of rotatable bonds is 23. The van der Waals surface area contributed by atoms with Gasteiger partial charge in [0.2, 0.25) is 42.9 Å². The van der Waals surface area contributed by atoms with Gasteiger partial charge in [-0.3, -0.25) is 35.1 Å². The number of hydrogen-bond donors (Lipinski definition) is 3. The van der Waals surface area contributed by atoms with Crippen molar-refractivity contribution in [3.05, 3.63) is 184 Å². The molecule has 0 atom stereocenters. The van der Waals surface area contributed by atoms with Crippen molar-refractivity contribution < 1.29 is 105 Å². The standard InChI is InChI=1S/C23H33NO7Si.C15H12O10.C8H5NO6.C8H9NO2/c1-15(2)32(16(3)4,17(5)6)30-14-20-10-11-21(31-20)23(26)29-13-19-9-7-8-18(12-25)22(19)24(27)28;1-21-13(18)9-4-5-11(25-9)15(20)23-7-6-22-14(19)10-3-2-8(24-10)12(16)17;10-4-15-6-3-1-2-5(8(11)12)7(6)9(13)14;1-6-4-3-5-7(2)8(6)9(10)11/h7-11,15-17,25H,12-14H2,1-6H3;2-5H,6-7H2,1H3,(H,16,17);1-4H,(H,11,12);3-5H,1-2H3. The molecular formula is C54H59N3O25Si. The minimum absolute atomic E-state index is 0.00599. The predicted molar refractivity (Wildman–Crippen MR) is 288 cm³/mol. The molecule has 0 amide bonds. The number of carbonyl (C=O) groups is 7. The third-order valence-electron chi connectivity index (χ3n) is 11.9. The van der Waals surface area contributed by atoms with Gasteiger partial charge in [0, 0.05) is 11.1 Å². The van der Waals surface area contributed by atoms with Crippen LogP contribution in [0, 0.1) is 44.2 Å². The van der Waals surface area contributed by atoms with Crippen LogP contribution in [0.15, 0.2) is 104 Å². The number of carboxylic acid groups (broad SMARTS) is 2. The highest BCUT2D eigenvalue weighted by atomic mass is 28.4. The van der Waals surface area contributed by atoms with E-state index in [0.717, 1.165) is 42.5 Å². The Labute approximate surface area is 473 Å². The second-order valence-electron chi connectivity index (χ2n) is 18.1. The van der Waals surface area contributed by atoms with Crippen LogP contribution in [-0.2, 0) is 48.0 Å². The fraction of sp³-hybridized carbons (Fsp3) is 0.315. The summed E-state index contributed by atoms with van der Waals surface area (Å²) in [6.45, 7) is 15.6. The number of hydrogen-bond acceptors (Lipinski definition) is 23. The molecule has 0 radical (unpaired) electrons. The van der Waals surface area contributed by atoms with Gasteiger partial charge in [0.15, 0.2) is 0 Å². The lowest BCUT2D eigenvalue weighted by Gasteiger charge is -2.41. The lowest BCUT2D eigenvalue weighted by Crippen LogP contribution is -2.47. The van der Waals surface area contributed by atoms with Crippen LogP contribution < -0.4 is 4.74 Å². The third kappa shape index (κ3) is 18.6. The van der Waals surface area contributed by atoms with E-state index in [-0.39, 0.29) is 83.4 Å². The van der Waals surface area contributed by atoms with Gasteiger partial charge >= 0.3 is 41.5 Å². The Hall–Kier alpha value is -9.87. The average Bonchev–Trinajstić information content (AvgIpc) is 4.34.